The average Bonchev–Trinajstić information content (AvgIpc) is 1.77. The fourth-order valence-corrected chi connectivity index (χ4v) is 0.455. The number of rotatable bonds is 0. The quantitative estimate of drug-likeness (QED) is 0.494. The lowest BCUT2D eigenvalue weighted by atomic mass is 10.3. The summed E-state index contributed by atoms with van der Waals surface area (Å²) in [6.07, 6.45) is 0. The molecule has 0 fully saturated rings. The molecule has 0 saturated heterocycles. The summed E-state index contributed by atoms with van der Waals surface area (Å²) < 4.78 is 0. The Hall–Kier alpha value is -1.18. The first-order chi connectivity index (χ1) is 3.79. The van der Waals surface area contributed by atoms with Crippen LogP contribution in [0.4, 0.5) is 5.69 Å². The summed E-state index contributed by atoms with van der Waals surface area (Å²) >= 11 is 0. The third kappa shape index (κ3) is 0.904. The molecule has 0 aromatic heterocycles. The van der Waals surface area contributed by atoms with Gasteiger partial charge >= 0.3 is 0 Å². The van der Waals surface area contributed by atoms with E-state index in [-0.39, 0.29) is 5.75 Å². The van der Waals surface area contributed by atoms with Crippen LogP contribution in [0.15, 0.2) is 24.3 Å². The molecule has 1 aromatic rings. The van der Waals surface area contributed by atoms with Gasteiger partial charge in [-0.1, -0.05) is 24.3 Å². The normalized spacial score (nSPS) is 9.00. The zero-order chi connectivity index (χ0) is 5.98. The lowest BCUT2D eigenvalue weighted by molar-refractivity contribution is -0.268. The standard InChI is InChI=1S/C6H6NO/c7-5-1-3-6(8)4-2-5/h1-4,7-8H/q-1/p-1. The average molecular weight is 107 g/mol. The molecule has 0 heterocycles. The van der Waals surface area contributed by atoms with Crippen LogP contribution in [0.5, 0.6) is 5.75 Å². The minimum atomic E-state index is -0.0407. The molecule has 42 valence electrons. The molecule has 0 spiro atoms. The first-order valence-electron chi connectivity index (χ1n) is 2.28. The summed E-state index contributed by atoms with van der Waals surface area (Å²) in [6.45, 7) is 0. The van der Waals surface area contributed by atoms with Gasteiger partial charge < -0.3 is 10.8 Å². The Morgan fingerprint density at radius 3 is 2.00 bits per heavy atom. The predicted octanol–water partition coefficient (Wildman–Crippen LogP) is 1.44. The van der Waals surface area contributed by atoms with Crippen LogP contribution in [0, 0.1) is 0 Å². The zero-order valence-corrected chi connectivity index (χ0v) is 4.22. The van der Waals surface area contributed by atoms with Gasteiger partial charge in [-0.05, 0) is 0 Å². The van der Waals surface area contributed by atoms with E-state index in [9.17, 15) is 5.11 Å². The van der Waals surface area contributed by atoms with Gasteiger partial charge in [-0.3, -0.25) is 0 Å². The molecular weight excluding hydrogens is 102 g/mol. The summed E-state index contributed by atoms with van der Waals surface area (Å²) in [7, 11) is 0. The maximum atomic E-state index is 10.3. The van der Waals surface area contributed by atoms with Gasteiger partial charge in [-0.25, -0.2) is 0 Å². The number of nitrogens with one attached hydrogen (secondary N) is 1. The Labute approximate surface area is 47.6 Å². The minimum Gasteiger partial charge on any atom is -0.872 e. The Morgan fingerprint density at radius 2 is 1.62 bits per heavy atom. The number of hydrogen-bond donors (Lipinski definition) is 0. The van der Waals surface area contributed by atoms with E-state index in [1.807, 2.05) is 0 Å². The molecule has 0 aliphatic carbocycles. The second kappa shape index (κ2) is 1.74. The van der Waals surface area contributed by atoms with E-state index < -0.39 is 0 Å². The highest BCUT2D eigenvalue weighted by atomic mass is 16.3. The van der Waals surface area contributed by atoms with Gasteiger partial charge in [0.1, 0.15) is 0 Å². The van der Waals surface area contributed by atoms with E-state index in [2.05, 4.69) is 0 Å². The lowest BCUT2D eigenvalue weighted by Crippen LogP contribution is -1.85. The largest absolute Gasteiger partial charge is 0.872 e. The van der Waals surface area contributed by atoms with Crippen LogP contribution in [0.3, 0.4) is 0 Å². The molecule has 0 atom stereocenters. The van der Waals surface area contributed by atoms with Gasteiger partial charge in [0.2, 0.25) is 0 Å². The summed E-state index contributed by atoms with van der Waals surface area (Å²) in [6, 6.07) is 5.70. The molecule has 2 nitrogen and oxygen atoms in total. The van der Waals surface area contributed by atoms with Crippen molar-refractivity contribution in [3.8, 4) is 5.75 Å². The second-order valence-corrected chi connectivity index (χ2v) is 1.52. The molecule has 0 aliphatic rings. The van der Waals surface area contributed by atoms with E-state index in [0.717, 1.165) is 0 Å². The topological polar surface area (TPSA) is 46.9 Å². The SMILES string of the molecule is [NH-]c1ccc([O-])cc1. The Bertz CT molecular complexity index is 147. The van der Waals surface area contributed by atoms with E-state index in [1.165, 1.54) is 24.3 Å². The van der Waals surface area contributed by atoms with Crippen molar-refractivity contribution >= 4 is 5.69 Å². The fraction of sp³-hybridized carbons (Fsp3) is 0. The zero-order valence-electron chi connectivity index (χ0n) is 4.22. The van der Waals surface area contributed by atoms with Crippen LogP contribution in [0.1, 0.15) is 0 Å². The van der Waals surface area contributed by atoms with Crippen molar-refractivity contribution in [2.24, 2.45) is 0 Å². The van der Waals surface area contributed by atoms with Crippen LogP contribution in [-0.4, -0.2) is 0 Å². The molecule has 0 bridgehead atoms. The summed E-state index contributed by atoms with van der Waals surface area (Å²) in [4.78, 5) is 0. The molecule has 0 radical (unpaired) electrons. The van der Waals surface area contributed by atoms with Crippen molar-refractivity contribution in [2.75, 3.05) is 0 Å². The maximum absolute atomic E-state index is 10.3. The van der Waals surface area contributed by atoms with Crippen LogP contribution in [-0.2, 0) is 0 Å². The summed E-state index contributed by atoms with van der Waals surface area (Å²) in [5.74, 6) is -0.0407. The Morgan fingerprint density at radius 1 is 1.12 bits per heavy atom. The van der Waals surface area contributed by atoms with E-state index in [4.69, 9.17) is 5.73 Å². The molecular formula is C6H5NO-2. The number of benzene rings is 1. The van der Waals surface area contributed by atoms with Gasteiger partial charge in [-0.15, -0.1) is 11.4 Å². The smallest absolute Gasteiger partial charge is 0.0714 e. The van der Waals surface area contributed by atoms with Crippen molar-refractivity contribution in [1.29, 1.82) is 0 Å². The van der Waals surface area contributed by atoms with Gasteiger partial charge in [-0.2, -0.15) is 0 Å². The highest BCUT2D eigenvalue weighted by Crippen LogP contribution is 2.12. The van der Waals surface area contributed by atoms with Crippen LogP contribution in [0.25, 0.3) is 5.73 Å². The van der Waals surface area contributed by atoms with Crippen molar-refractivity contribution in [2.45, 2.75) is 0 Å². The lowest BCUT2D eigenvalue weighted by Gasteiger charge is -2.06. The molecule has 0 aliphatic heterocycles. The highest BCUT2D eigenvalue weighted by Gasteiger charge is 1.69. The van der Waals surface area contributed by atoms with E-state index >= 15 is 0 Å². The van der Waals surface area contributed by atoms with Crippen LogP contribution in [0.2, 0.25) is 0 Å². The van der Waals surface area contributed by atoms with E-state index in [1.54, 1.807) is 0 Å². The molecule has 0 unspecified atom stereocenters. The second-order valence-electron chi connectivity index (χ2n) is 1.52. The third-order valence-corrected chi connectivity index (χ3v) is 0.854. The molecule has 1 rings (SSSR count). The predicted molar refractivity (Wildman–Crippen MR) is 29.9 cm³/mol. The summed E-state index contributed by atoms with van der Waals surface area (Å²) in [5.41, 5.74) is 7.33. The maximum Gasteiger partial charge on any atom is -0.0714 e. The fourth-order valence-electron chi connectivity index (χ4n) is 0.455. The van der Waals surface area contributed by atoms with Gasteiger partial charge in [0.15, 0.2) is 0 Å². The van der Waals surface area contributed by atoms with Gasteiger partial charge in [0.05, 0.1) is 0 Å². The molecule has 8 heavy (non-hydrogen) atoms. The van der Waals surface area contributed by atoms with Crippen LogP contribution < -0.4 is 5.11 Å². The monoisotopic (exact) mass is 107 g/mol. The van der Waals surface area contributed by atoms with Crippen LogP contribution >= 0.6 is 0 Å². The molecule has 1 N–H and O–H groups in total. The molecule has 1 aromatic carbocycles. The number of hydrogen-bond acceptors (Lipinski definition) is 1. The Balaban J connectivity index is 3.03. The molecule has 2 heteroatoms. The van der Waals surface area contributed by atoms with Crippen molar-refractivity contribution in [1.82, 2.24) is 0 Å². The third-order valence-electron chi connectivity index (χ3n) is 0.854. The van der Waals surface area contributed by atoms with Gasteiger partial charge in [0, 0.05) is 0 Å². The minimum absolute atomic E-state index is 0.0407. The molecule has 0 saturated carbocycles. The van der Waals surface area contributed by atoms with Crippen molar-refractivity contribution in [3.05, 3.63) is 30.0 Å². The Kier molecular flexibility index (Phi) is 1.08. The first kappa shape index (κ1) is 4.97. The van der Waals surface area contributed by atoms with Gasteiger partial charge in [0.25, 0.3) is 0 Å². The molecule has 0 amide bonds. The summed E-state index contributed by atoms with van der Waals surface area (Å²) in [5, 5.41) is 10.3. The van der Waals surface area contributed by atoms with Crippen molar-refractivity contribution in [3.63, 3.8) is 0 Å². The van der Waals surface area contributed by atoms with Crippen molar-refractivity contribution < 1.29 is 5.11 Å². The van der Waals surface area contributed by atoms with E-state index in [0.29, 0.717) is 5.69 Å². The highest BCUT2D eigenvalue weighted by molar-refractivity contribution is 5.44. The first-order valence-corrected chi connectivity index (χ1v) is 2.28.